The number of hydrogen-bond acceptors (Lipinski definition) is 5. The summed E-state index contributed by atoms with van der Waals surface area (Å²) in [4.78, 5) is 38.1. The van der Waals surface area contributed by atoms with E-state index in [2.05, 4.69) is 15.5 Å². The largest absolute Gasteiger partial charge is 0.350 e. The number of amides is 1. The number of aromatic nitrogens is 4. The van der Waals surface area contributed by atoms with Gasteiger partial charge in [-0.2, -0.15) is 10.2 Å². The summed E-state index contributed by atoms with van der Waals surface area (Å²) in [7, 11) is 0. The lowest BCUT2D eigenvalue weighted by atomic mass is 10.1. The van der Waals surface area contributed by atoms with Gasteiger partial charge in [-0.1, -0.05) is 32.0 Å². The van der Waals surface area contributed by atoms with Gasteiger partial charge >= 0.3 is 0 Å². The highest BCUT2D eigenvalue weighted by Crippen LogP contribution is 2.18. The van der Waals surface area contributed by atoms with Crippen LogP contribution in [0.25, 0.3) is 22.0 Å². The quantitative estimate of drug-likeness (QED) is 0.407. The van der Waals surface area contributed by atoms with Gasteiger partial charge in [0.25, 0.3) is 11.1 Å². The summed E-state index contributed by atoms with van der Waals surface area (Å²) in [6.45, 7) is 3.55. The first-order valence-corrected chi connectivity index (χ1v) is 11.6. The van der Waals surface area contributed by atoms with Crippen LogP contribution in [0.15, 0.2) is 64.2 Å². The molecule has 186 valence electrons. The smallest absolute Gasteiger partial charge is 0.275 e. The summed E-state index contributed by atoms with van der Waals surface area (Å²) in [5, 5.41) is 12.7. The zero-order valence-corrected chi connectivity index (χ0v) is 19.9. The fourth-order valence-corrected chi connectivity index (χ4v) is 3.96. The van der Waals surface area contributed by atoms with Gasteiger partial charge in [-0.15, -0.1) is 0 Å². The molecule has 1 amide bonds. The average Bonchev–Trinajstić information content (AvgIpc) is 2.88. The molecule has 0 aliphatic heterocycles. The van der Waals surface area contributed by atoms with E-state index in [1.165, 1.54) is 22.9 Å². The van der Waals surface area contributed by atoms with E-state index in [0.29, 0.717) is 23.8 Å². The predicted octanol–water partition coefficient (Wildman–Crippen LogP) is 3.06. The fraction of sp³-hybridized carbons (Fsp3) is 0.269. The van der Waals surface area contributed by atoms with Crippen LogP contribution in [-0.4, -0.2) is 31.5 Å². The van der Waals surface area contributed by atoms with Gasteiger partial charge < -0.3 is 5.32 Å². The van der Waals surface area contributed by atoms with E-state index >= 15 is 0 Å². The number of nitrogens with zero attached hydrogens (tertiary/aromatic N) is 4. The number of nitrogens with one attached hydrogen (secondary N) is 1. The number of aryl methyl sites for hydroxylation is 1. The minimum absolute atomic E-state index is 0.0544. The second-order valence-corrected chi connectivity index (χ2v) is 8.35. The Bertz CT molecular complexity index is 1550. The number of benzene rings is 2. The number of carbonyl (C=O) groups is 1. The van der Waals surface area contributed by atoms with Crippen molar-refractivity contribution in [2.24, 2.45) is 0 Å². The van der Waals surface area contributed by atoms with E-state index in [1.807, 2.05) is 26.0 Å². The molecule has 0 aliphatic carbocycles. The standard InChI is InChI=1S/C26H25F2N5O3/c1-3-17(14-32-25(35)12-11-23(31-32)16-9-10-20(27)21(28)13-16)29-24(34)15-33-26(36)19-8-6-5-7-18(19)22(4-2)30-33/h5-13,17H,3-4,14-15H2,1-2H3,(H,29,34)/t17-/m1/s1. The predicted molar refractivity (Wildman–Crippen MR) is 131 cm³/mol. The lowest BCUT2D eigenvalue weighted by molar-refractivity contribution is -0.122. The summed E-state index contributed by atoms with van der Waals surface area (Å²) in [6.07, 6.45) is 1.08. The molecule has 0 radical (unpaired) electrons. The molecule has 4 rings (SSSR count). The molecule has 1 N–H and O–H groups in total. The van der Waals surface area contributed by atoms with E-state index in [-0.39, 0.29) is 24.3 Å². The SMILES string of the molecule is CCc1nn(CC(=O)N[C@H](CC)Cn2nc(-c3ccc(F)c(F)c3)ccc2=O)c(=O)c2ccccc12. The Morgan fingerprint density at radius 3 is 2.39 bits per heavy atom. The van der Waals surface area contributed by atoms with Crippen molar-refractivity contribution < 1.29 is 13.6 Å². The van der Waals surface area contributed by atoms with Gasteiger partial charge in [-0.05, 0) is 43.2 Å². The second kappa shape index (κ2) is 10.6. The van der Waals surface area contributed by atoms with Crippen molar-refractivity contribution in [3.8, 4) is 11.3 Å². The molecule has 0 saturated heterocycles. The molecule has 0 bridgehead atoms. The van der Waals surface area contributed by atoms with Crippen molar-refractivity contribution in [1.29, 1.82) is 0 Å². The van der Waals surface area contributed by atoms with Crippen molar-refractivity contribution >= 4 is 16.7 Å². The van der Waals surface area contributed by atoms with E-state index in [0.717, 1.165) is 27.9 Å². The lowest BCUT2D eigenvalue weighted by Crippen LogP contribution is -2.43. The van der Waals surface area contributed by atoms with Gasteiger partial charge in [-0.25, -0.2) is 18.1 Å². The number of rotatable bonds is 8. The van der Waals surface area contributed by atoms with Crippen LogP contribution in [0.3, 0.4) is 0 Å². The van der Waals surface area contributed by atoms with E-state index in [9.17, 15) is 23.2 Å². The van der Waals surface area contributed by atoms with Crippen molar-refractivity contribution in [2.45, 2.75) is 45.8 Å². The third kappa shape index (κ3) is 5.22. The molecule has 2 aromatic heterocycles. The molecule has 8 nitrogen and oxygen atoms in total. The summed E-state index contributed by atoms with van der Waals surface area (Å²) in [5.41, 5.74) is 0.550. The van der Waals surface area contributed by atoms with Gasteiger partial charge in [-0.3, -0.25) is 14.4 Å². The first-order valence-electron chi connectivity index (χ1n) is 11.6. The monoisotopic (exact) mass is 493 g/mol. The minimum atomic E-state index is -1.02. The Morgan fingerprint density at radius 1 is 0.944 bits per heavy atom. The van der Waals surface area contributed by atoms with Gasteiger partial charge in [0.1, 0.15) is 6.54 Å². The van der Waals surface area contributed by atoms with Gasteiger partial charge in [0.05, 0.1) is 23.3 Å². The Labute approximate surface area is 205 Å². The van der Waals surface area contributed by atoms with Crippen LogP contribution in [0, 0.1) is 11.6 Å². The van der Waals surface area contributed by atoms with Crippen LogP contribution in [0.4, 0.5) is 8.78 Å². The van der Waals surface area contributed by atoms with Crippen molar-refractivity contribution in [3.05, 3.63) is 92.6 Å². The molecular formula is C26H25F2N5O3. The Balaban J connectivity index is 1.53. The maximum Gasteiger partial charge on any atom is 0.275 e. The zero-order valence-electron chi connectivity index (χ0n) is 19.9. The number of fused-ring (bicyclic) bond motifs is 1. The van der Waals surface area contributed by atoms with Gasteiger partial charge in [0, 0.05) is 23.1 Å². The first-order chi connectivity index (χ1) is 17.3. The molecular weight excluding hydrogens is 468 g/mol. The van der Waals surface area contributed by atoms with E-state index in [4.69, 9.17) is 0 Å². The van der Waals surface area contributed by atoms with Crippen molar-refractivity contribution in [3.63, 3.8) is 0 Å². The average molecular weight is 494 g/mol. The molecule has 0 saturated carbocycles. The van der Waals surface area contributed by atoms with Crippen LogP contribution in [0.2, 0.25) is 0 Å². The maximum atomic E-state index is 13.6. The summed E-state index contributed by atoms with van der Waals surface area (Å²) >= 11 is 0. The normalized spacial score (nSPS) is 12.0. The van der Waals surface area contributed by atoms with Crippen LogP contribution in [-0.2, 0) is 24.3 Å². The van der Waals surface area contributed by atoms with Crippen LogP contribution >= 0.6 is 0 Å². The van der Waals surface area contributed by atoms with Crippen LogP contribution in [0.5, 0.6) is 0 Å². The Kier molecular flexibility index (Phi) is 7.33. The van der Waals surface area contributed by atoms with Gasteiger partial charge in [0.2, 0.25) is 5.91 Å². The molecule has 2 heterocycles. The molecule has 4 aromatic rings. The lowest BCUT2D eigenvalue weighted by Gasteiger charge is -2.18. The van der Waals surface area contributed by atoms with E-state index in [1.54, 1.807) is 12.1 Å². The number of carbonyl (C=O) groups excluding carboxylic acids is 1. The Hall–Kier alpha value is -4.21. The Morgan fingerprint density at radius 2 is 1.69 bits per heavy atom. The molecule has 0 unspecified atom stereocenters. The zero-order chi connectivity index (χ0) is 25.8. The van der Waals surface area contributed by atoms with Crippen molar-refractivity contribution in [2.75, 3.05) is 0 Å². The second-order valence-electron chi connectivity index (χ2n) is 8.35. The first kappa shape index (κ1) is 24.9. The summed E-state index contributed by atoms with van der Waals surface area (Å²) in [6, 6.07) is 12.7. The molecule has 1 atom stereocenters. The van der Waals surface area contributed by atoms with E-state index < -0.39 is 29.1 Å². The van der Waals surface area contributed by atoms with Crippen molar-refractivity contribution in [1.82, 2.24) is 24.9 Å². The molecule has 10 heteroatoms. The number of hydrogen-bond donors (Lipinski definition) is 1. The molecule has 36 heavy (non-hydrogen) atoms. The molecule has 0 spiro atoms. The molecule has 2 aromatic carbocycles. The third-order valence-corrected chi connectivity index (χ3v) is 5.91. The van der Waals surface area contributed by atoms with Gasteiger partial charge in [0.15, 0.2) is 11.6 Å². The van der Waals surface area contributed by atoms with Crippen LogP contribution < -0.4 is 16.4 Å². The fourth-order valence-electron chi connectivity index (χ4n) is 3.96. The minimum Gasteiger partial charge on any atom is -0.350 e. The highest BCUT2D eigenvalue weighted by atomic mass is 19.2. The molecule has 0 aliphatic rings. The molecule has 0 fully saturated rings. The summed E-state index contributed by atoms with van der Waals surface area (Å²) < 4.78 is 29.2. The number of halogens is 2. The third-order valence-electron chi connectivity index (χ3n) is 5.91. The topological polar surface area (TPSA) is 98.9 Å². The highest BCUT2D eigenvalue weighted by molar-refractivity contribution is 5.84. The summed E-state index contributed by atoms with van der Waals surface area (Å²) in [5.74, 6) is -2.43. The maximum absolute atomic E-state index is 13.6. The highest BCUT2D eigenvalue weighted by Gasteiger charge is 2.17. The van der Waals surface area contributed by atoms with Crippen LogP contribution in [0.1, 0.15) is 26.0 Å².